The molecule has 6 aromatic rings. The summed E-state index contributed by atoms with van der Waals surface area (Å²) < 4.78 is 19.6. The number of ketones is 1. The summed E-state index contributed by atoms with van der Waals surface area (Å²) in [5.41, 5.74) is 7.19. The fraction of sp³-hybridized carbons (Fsp3) is 0.392. The van der Waals surface area contributed by atoms with Gasteiger partial charge >= 0.3 is 0 Å². The van der Waals surface area contributed by atoms with E-state index in [0.717, 1.165) is 109 Å². The maximum atomic E-state index is 12.9. The van der Waals surface area contributed by atoms with Crippen molar-refractivity contribution in [1.82, 2.24) is 19.1 Å². The normalized spacial score (nSPS) is 12.3. The first-order valence-electron chi connectivity index (χ1n) is 21.9. The standard InChI is InChI=1S/C51H60Br2N4O3/c1-3-11-48(56-31-29-54-37-56)46-27-21-39(33-50(46)59-35-41-17-23-43(52)24-18-41)13-7-5-9-15-45(58)16-10-6-8-14-40-22-28-47(49(12-4-2)57-32-30-55-38-57)51(34-40)60-36-42-19-25-44(53)26-20-42/h17-34,37-38,48-49H,3-16,35-36H2,1-2H3. The first kappa shape index (κ1) is 45.1. The third-order valence-corrected chi connectivity index (χ3v) is 12.3. The van der Waals surface area contributed by atoms with Crippen LogP contribution in [0.15, 0.2) is 131 Å². The summed E-state index contributed by atoms with van der Waals surface area (Å²) >= 11 is 7.08. The number of aromatic nitrogens is 4. The van der Waals surface area contributed by atoms with Gasteiger partial charge in [-0.2, -0.15) is 0 Å². The maximum Gasteiger partial charge on any atom is 0.132 e. The summed E-state index contributed by atoms with van der Waals surface area (Å²) in [5, 5.41) is 0. The summed E-state index contributed by atoms with van der Waals surface area (Å²) in [6, 6.07) is 30.4. The van der Waals surface area contributed by atoms with Crippen LogP contribution in [-0.2, 0) is 30.8 Å². The monoisotopic (exact) mass is 934 g/mol. The van der Waals surface area contributed by atoms with Crippen molar-refractivity contribution in [3.05, 3.63) is 165 Å². The number of unbranched alkanes of at least 4 members (excludes halogenated alkanes) is 4. The largest absolute Gasteiger partial charge is 0.489 e. The minimum atomic E-state index is 0.169. The predicted octanol–water partition coefficient (Wildman–Crippen LogP) is 14.0. The van der Waals surface area contributed by atoms with Crippen LogP contribution in [0.1, 0.15) is 136 Å². The highest BCUT2D eigenvalue weighted by atomic mass is 79.9. The van der Waals surface area contributed by atoms with Crippen LogP contribution in [-0.4, -0.2) is 24.9 Å². The lowest BCUT2D eigenvalue weighted by atomic mass is 9.96. The lowest BCUT2D eigenvalue weighted by Gasteiger charge is -2.22. The van der Waals surface area contributed by atoms with Crippen LogP contribution in [0.25, 0.3) is 0 Å². The summed E-state index contributed by atoms with van der Waals surface area (Å²) in [5.74, 6) is 2.26. The van der Waals surface area contributed by atoms with Crippen molar-refractivity contribution in [2.75, 3.05) is 0 Å². The van der Waals surface area contributed by atoms with Gasteiger partial charge in [0.2, 0.25) is 0 Å². The highest BCUT2D eigenvalue weighted by Gasteiger charge is 2.20. The van der Waals surface area contributed by atoms with Gasteiger partial charge in [-0.25, -0.2) is 9.97 Å². The number of Topliss-reactive ketones (excluding diaryl/α,β-unsaturated/α-hetero) is 1. The van der Waals surface area contributed by atoms with Gasteiger partial charge in [0, 0.05) is 57.7 Å². The Bertz CT molecular complexity index is 2000. The van der Waals surface area contributed by atoms with E-state index in [0.29, 0.717) is 31.8 Å². The maximum absolute atomic E-state index is 12.9. The number of carbonyl (C=O) groups excluding carboxylic acids is 1. The topological polar surface area (TPSA) is 71.2 Å². The minimum Gasteiger partial charge on any atom is -0.489 e. The van der Waals surface area contributed by atoms with Crippen LogP contribution in [0.5, 0.6) is 11.5 Å². The molecule has 6 rings (SSSR count). The molecule has 0 saturated heterocycles. The number of halogens is 2. The Labute approximate surface area is 374 Å². The molecule has 2 aromatic heterocycles. The molecule has 0 fully saturated rings. The van der Waals surface area contributed by atoms with Crippen molar-refractivity contribution in [3.63, 3.8) is 0 Å². The van der Waals surface area contributed by atoms with Crippen LogP contribution in [0.3, 0.4) is 0 Å². The van der Waals surface area contributed by atoms with Gasteiger partial charge in [-0.15, -0.1) is 0 Å². The molecule has 60 heavy (non-hydrogen) atoms. The minimum absolute atomic E-state index is 0.169. The van der Waals surface area contributed by atoms with Gasteiger partial charge in [-0.3, -0.25) is 4.79 Å². The summed E-state index contributed by atoms with van der Waals surface area (Å²) in [6.07, 6.45) is 25.0. The van der Waals surface area contributed by atoms with Gasteiger partial charge < -0.3 is 18.6 Å². The fourth-order valence-electron chi connectivity index (χ4n) is 7.92. The van der Waals surface area contributed by atoms with E-state index in [1.807, 2.05) is 37.4 Å². The van der Waals surface area contributed by atoms with Gasteiger partial charge in [0.1, 0.15) is 30.5 Å². The molecular formula is C51H60Br2N4O3. The summed E-state index contributed by atoms with van der Waals surface area (Å²) in [6.45, 7) is 5.47. The lowest BCUT2D eigenvalue weighted by molar-refractivity contribution is -0.119. The number of hydrogen-bond donors (Lipinski definition) is 0. The summed E-state index contributed by atoms with van der Waals surface area (Å²) in [4.78, 5) is 21.5. The number of rotatable bonds is 26. The van der Waals surface area contributed by atoms with Gasteiger partial charge in [0.15, 0.2) is 0 Å². The number of ether oxygens (including phenoxy) is 2. The van der Waals surface area contributed by atoms with Crippen LogP contribution < -0.4 is 9.47 Å². The number of aryl methyl sites for hydroxylation is 2. The fourth-order valence-corrected chi connectivity index (χ4v) is 8.45. The molecular weight excluding hydrogens is 876 g/mol. The number of nitrogens with zero attached hydrogens (tertiary/aromatic N) is 4. The van der Waals surface area contributed by atoms with E-state index in [1.54, 1.807) is 0 Å². The van der Waals surface area contributed by atoms with E-state index in [-0.39, 0.29) is 12.1 Å². The molecule has 7 nitrogen and oxygen atoms in total. The molecule has 2 heterocycles. The Morgan fingerprint density at radius 2 is 0.983 bits per heavy atom. The van der Waals surface area contributed by atoms with Gasteiger partial charge in [0.05, 0.1) is 24.7 Å². The average molecular weight is 937 g/mol. The molecule has 0 aliphatic heterocycles. The molecule has 2 unspecified atom stereocenters. The first-order valence-corrected chi connectivity index (χ1v) is 23.5. The van der Waals surface area contributed by atoms with E-state index in [2.05, 4.69) is 150 Å². The van der Waals surface area contributed by atoms with Gasteiger partial charge in [-0.05, 0) is 110 Å². The van der Waals surface area contributed by atoms with Crippen molar-refractivity contribution < 1.29 is 14.3 Å². The second-order valence-corrected chi connectivity index (χ2v) is 17.7. The van der Waals surface area contributed by atoms with Crippen molar-refractivity contribution in [2.45, 2.75) is 129 Å². The second kappa shape index (κ2) is 24.1. The van der Waals surface area contributed by atoms with Crippen LogP contribution in [0, 0.1) is 0 Å². The molecule has 316 valence electrons. The summed E-state index contributed by atoms with van der Waals surface area (Å²) in [7, 11) is 0. The Balaban J connectivity index is 0.950. The molecule has 0 spiro atoms. The number of carbonyl (C=O) groups is 1. The third-order valence-electron chi connectivity index (χ3n) is 11.2. The number of hydrogen-bond acceptors (Lipinski definition) is 5. The number of imidazole rings is 2. The molecule has 0 aliphatic carbocycles. The molecule has 0 amide bonds. The number of benzene rings is 4. The first-order chi connectivity index (χ1) is 29.4. The molecule has 0 radical (unpaired) electrons. The van der Waals surface area contributed by atoms with Gasteiger partial charge in [0.25, 0.3) is 0 Å². The van der Waals surface area contributed by atoms with Crippen molar-refractivity contribution >= 4 is 37.6 Å². The Morgan fingerprint density at radius 1 is 0.567 bits per heavy atom. The zero-order valence-electron chi connectivity index (χ0n) is 35.3. The van der Waals surface area contributed by atoms with E-state index in [9.17, 15) is 4.79 Å². The highest BCUT2D eigenvalue weighted by molar-refractivity contribution is 9.10. The van der Waals surface area contributed by atoms with E-state index >= 15 is 0 Å². The van der Waals surface area contributed by atoms with E-state index in [4.69, 9.17) is 9.47 Å². The third kappa shape index (κ3) is 13.8. The predicted molar refractivity (Wildman–Crippen MR) is 250 cm³/mol. The van der Waals surface area contributed by atoms with E-state index < -0.39 is 0 Å². The zero-order valence-corrected chi connectivity index (χ0v) is 38.5. The van der Waals surface area contributed by atoms with Crippen LogP contribution >= 0.6 is 31.9 Å². The lowest BCUT2D eigenvalue weighted by Crippen LogP contribution is -2.11. The quantitative estimate of drug-likeness (QED) is 0.0507. The zero-order chi connectivity index (χ0) is 41.9. The van der Waals surface area contributed by atoms with Gasteiger partial charge in [-0.1, -0.05) is 120 Å². The van der Waals surface area contributed by atoms with Crippen molar-refractivity contribution in [1.29, 1.82) is 0 Å². The Morgan fingerprint density at radius 3 is 1.37 bits per heavy atom. The van der Waals surface area contributed by atoms with Crippen molar-refractivity contribution in [2.24, 2.45) is 0 Å². The van der Waals surface area contributed by atoms with Crippen molar-refractivity contribution in [3.8, 4) is 11.5 Å². The van der Waals surface area contributed by atoms with Crippen LogP contribution in [0.4, 0.5) is 0 Å². The van der Waals surface area contributed by atoms with E-state index in [1.165, 1.54) is 22.3 Å². The SMILES string of the molecule is CCCC(c1ccc(CCCCCC(=O)CCCCCc2ccc(C(CCC)n3ccnc3)c(OCc3ccc(Br)cc3)c2)cc1OCc1ccc(Br)cc1)n1ccnc1. The molecule has 4 aromatic carbocycles. The molecule has 9 heteroatoms. The molecule has 0 N–H and O–H groups in total. The molecule has 0 saturated carbocycles. The molecule has 0 bridgehead atoms. The Kier molecular flexibility index (Phi) is 18.1. The smallest absolute Gasteiger partial charge is 0.132 e. The average Bonchev–Trinajstić information content (AvgIpc) is 4.01. The highest BCUT2D eigenvalue weighted by Crippen LogP contribution is 2.35. The Hall–Kier alpha value is -4.47. The molecule has 0 aliphatic rings. The second-order valence-electron chi connectivity index (χ2n) is 15.9. The molecule has 2 atom stereocenters. The van der Waals surface area contributed by atoms with Crippen LogP contribution in [0.2, 0.25) is 0 Å².